The lowest BCUT2D eigenvalue weighted by Crippen LogP contribution is -2.03. The zero-order valence-corrected chi connectivity index (χ0v) is 12.1. The minimum atomic E-state index is 0.378. The summed E-state index contributed by atoms with van der Waals surface area (Å²) in [6.45, 7) is 0.514. The Morgan fingerprint density at radius 2 is 1.76 bits per heavy atom. The molecule has 21 heavy (non-hydrogen) atoms. The van der Waals surface area contributed by atoms with Crippen LogP contribution in [0.4, 0.5) is 5.95 Å². The van der Waals surface area contributed by atoms with Crippen LogP contribution in [-0.4, -0.2) is 20.2 Å². The molecule has 0 amide bonds. The molecular formula is C13H9Cl2N5O. The van der Waals surface area contributed by atoms with Crippen LogP contribution in [-0.2, 0) is 6.54 Å². The summed E-state index contributed by atoms with van der Waals surface area (Å²) < 4.78 is 5.06. The number of nitrogens with one attached hydrogen (secondary N) is 1. The SMILES string of the molecule is Clc1cc(Cl)cc(CNc2ncc(-c3nnco3)cn2)c1. The Balaban J connectivity index is 1.68. The molecule has 0 unspecified atom stereocenters. The van der Waals surface area contributed by atoms with Gasteiger partial charge in [-0.15, -0.1) is 10.2 Å². The van der Waals surface area contributed by atoms with Crippen LogP contribution in [0.15, 0.2) is 41.4 Å². The fourth-order valence-electron chi connectivity index (χ4n) is 1.72. The van der Waals surface area contributed by atoms with Gasteiger partial charge in [-0.3, -0.25) is 0 Å². The van der Waals surface area contributed by atoms with E-state index in [1.54, 1.807) is 18.5 Å². The van der Waals surface area contributed by atoms with Gasteiger partial charge in [0.2, 0.25) is 12.3 Å². The van der Waals surface area contributed by atoms with Crippen LogP contribution in [0.5, 0.6) is 0 Å². The van der Waals surface area contributed by atoms with Crippen molar-refractivity contribution in [1.29, 1.82) is 0 Å². The normalized spacial score (nSPS) is 10.6. The highest BCUT2D eigenvalue weighted by Gasteiger charge is 2.05. The molecule has 1 aromatic carbocycles. The molecule has 0 bridgehead atoms. The topological polar surface area (TPSA) is 76.7 Å². The Kier molecular flexibility index (Phi) is 3.98. The van der Waals surface area contributed by atoms with E-state index in [1.807, 2.05) is 12.1 Å². The lowest BCUT2D eigenvalue weighted by Gasteiger charge is -2.06. The van der Waals surface area contributed by atoms with E-state index in [9.17, 15) is 0 Å². The van der Waals surface area contributed by atoms with E-state index in [-0.39, 0.29) is 0 Å². The number of rotatable bonds is 4. The molecule has 0 aliphatic heterocycles. The van der Waals surface area contributed by atoms with E-state index in [0.717, 1.165) is 5.56 Å². The zero-order valence-electron chi connectivity index (χ0n) is 10.6. The molecule has 0 spiro atoms. The van der Waals surface area contributed by atoms with E-state index < -0.39 is 0 Å². The predicted molar refractivity (Wildman–Crippen MR) is 79.1 cm³/mol. The first-order valence-corrected chi connectivity index (χ1v) is 6.74. The Labute approximate surface area is 130 Å². The molecule has 3 rings (SSSR count). The van der Waals surface area contributed by atoms with Crippen LogP contribution < -0.4 is 5.32 Å². The van der Waals surface area contributed by atoms with Crippen molar-refractivity contribution in [3.63, 3.8) is 0 Å². The smallest absolute Gasteiger partial charge is 0.250 e. The minimum absolute atomic E-state index is 0.378. The van der Waals surface area contributed by atoms with Gasteiger partial charge in [0.25, 0.3) is 5.89 Å². The number of benzene rings is 1. The summed E-state index contributed by atoms with van der Waals surface area (Å²) in [5.74, 6) is 0.859. The van der Waals surface area contributed by atoms with Crippen molar-refractivity contribution < 1.29 is 4.42 Å². The predicted octanol–water partition coefficient (Wildman–Crippen LogP) is 3.45. The van der Waals surface area contributed by atoms with E-state index in [1.165, 1.54) is 6.39 Å². The van der Waals surface area contributed by atoms with Crippen LogP contribution in [0.1, 0.15) is 5.56 Å². The first-order valence-electron chi connectivity index (χ1n) is 5.98. The number of hydrogen-bond acceptors (Lipinski definition) is 6. The van der Waals surface area contributed by atoms with E-state index in [4.69, 9.17) is 27.6 Å². The largest absolute Gasteiger partial charge is 0.423 e. The lowest BCUT2D eigenvalue weighted by atomic mass is 10.2. The third kappa shape index (κ3) is 3.48. The van der Waals surface area contributed by atoms with Crippen LogP contribution in [0.25, 0.3) is 11.5 Å². The molecule has 0 fully saturated rings. The third-order valence-electron chi connectivity index (χ3n) is 2.63. The van der Waals surface area contributed by atoms with E-state index in [0.29, 0.717) is 34.0 Å². The van der Waals surface area contributed by atoms with Gasteiger partial charge in [-0.2, -0.15) is 0 Å². The van der Waals surface area contributed by atoms with Gasteiger partial charge < -0.3 is 9.73 Å². The summed E-state index contributed by atoms with van der Waals surface area (Å²) in [6.07, 6.45) is 4.46. The summed E-state index contributed by atoms with van der Waals surface area (Å²) in [5, 5.41) is 11.6. The quantitative estimate of drug-likeness (QED) is 0.793. The van der Waals surface area contributed by atoms with Gasteiger partial charge in [-0.1, -0.05) is 23.2 Å². The van der Waals surface area contributed by atoms with Gasteiger partial charge in [0.05, 0.1) is 5.56 Å². The number of hydrogen-bond donors (Lipinski definition) is 1. The Morgan fingerprint density at radius 1 is 1.05 bits per heavy atom. The van der Waals surface area contributed by atoms with E-state index in [2.05, 4.69) is 25.5 Å². The average molecular weight is 322 g/mol. The molecule has 0 saturated carbocycles. The van der Waals surface area contributed by atoms with Crippen LogP contribution in [0, 0.1) is 0 Å². The highest BCUT2D eigenvalue weighted by Crippen LogP contribution is 2.20. The first-order chi connectivity index (χ1) is 10.2. The first kappa shape index (κ1) is 13.8. The van der Waals surface area contributed by atoms with Gasteiger partial charge in [0, 0.05) is 29.0 Å². The lowest BCUT2D eigenvalue weighted by molar-refractivity contribution is 0.568. The van der Waals surface area contributed by atoms with Crippen molar-refractivity contribution in [3.05, 3.63) is 52.6 Å². The Morgan fingerprint density at radius 3 is 2.38 bits per heavy atom. The standard InChI is InChI=1S/C13H9Cl2N5O/c14-10-1-8(2-11(15)3-10)4-16-13-17-5-9(6-18-13)12-20-19-7-21-12/h1-3,5-7H,4H2,(H,16,17,18). The fourth-order valence-corrected chi connectivity index (χ4v) is 2.29. The highest BCUT2D eigenvalue weighted by atomic mass is 35.5. The molecule has 6 nitrogen and oxygen atoms in total. The number of anilines is 1. The molecule has 0 atom stereocenters. The van der Waals surface area contributed by atoms with Crippen molar-refractivity contribution in [2.24, 2.45) is 0 Å². The van der Waals surface area contributed by atoms with Crippen molar-refractivity contribution in [2.75, 3.05) is 5.32 Å². The molecule has 0 aliphatic rings. The average Bonchev–Trinajstić information content (AvgIpc) is 2.99. The molecule has 2 heterocycles. The molecule has 0 saturated heterocycles. The monoisotopic (exact) mass is 321 g/mol. The van der Waals surface area contributed by atoms with Crippen LogP contribution in [0.2, 0.25) is 10.0 Å². The second kappa shape index (κ2) is 6.07. The highest BCUT2D eigenvalue weighted by molar-refractivity contribution is 6.34. The van der Waals surface area contributed by atoms with E-state index >= 15 is 0 Å². The molecule has 0 radical (unpaired) electrons. The second-order valence-electron chi connectivity index (χ2n) is 4.17. The summed E-state index contributed by atoms with van der Waals surface area (Å²) in [7, 11) is 0. The van der Waals surface area contributed by atoms with Gasteiger partial charge in [-0.25, -0.2) is 9.97 Å². The van der Waals surface area contributed by atoms with Gasteiger partial charge in [0.15, 0.2) is 0 Å². The van der Waals surface area contributed by atoms with Crippen molar-refractivity contribution in [1.82, 2.24) is 20.2 Å². The maximum atomic E-state index is 5.94. The summed E-state index contributed by atoms with van der Waals surface area (Å²) in [4.78, 5) is 8.36. The molecule has 1 N–H and O–H groups in total. The van der Waals surface area contributed by atoms with Crippen molar-refractivity contribution in [2.45, 2.75) is 6.54 Å². The fraction of sp³-hybridized carbons (Fsp3) is 0.0769. The number of halogens is 2. The van der Waals surface area contributed by atoms with Crippen LogP contribution >= 0.6 is 23.2 Å². The van der Waals surface area contributed by atoms with Crippen molar-refractivity contribution in [3.8, 4) is 11.5 Å². The minimum Gasteiger partial charge on any atom is -0.423 e. The summed E-state index contributed by atoms with van der Waals surface area (Å²) in [6, 6.07) is 5.34. The van der Waals surface area contributed by atoms with Crippen LogP contribution in [0.3, 0.4) is 0 Å². The maximum Gasteiger partial charge on any atom is 0.250 e. The second-order valence-corrected chi connectivity index (χ2v) is 5.04. The third-order valence-corrected chi connectivity index (χ3v) is 3.07. The van der Waals surface area contributed by atoms with Crippen molar-refractivity contribution >= 4 is 29.2 Å². The Hall–Kier alpha value is -2.18. The molecule has 8 heteroatoms. The summed E-state index contributed by atoms with van der Waals surface area (Å²) >= 11 is 11.9. The van der Waals surface area contributed by atoms with Gasteiger partial charge in [0.1, 0.15) is 0 Å². The molecule has 3 aromatic rings. The van der Waals surface area contributed by atoms with Gasteiger partial charge >= 0.3 is 0 Å². The number of nitrogens with zero attached hydrogens (tertiary/aromatic N) is 4. The van der Waals surface area contributed by atoms with Gasteiger partial charge in [-0.05, 0) is 23.8 Å². The molecule has 106 valence electrons. The summed E-state index contributed by atoms with van der Waals surface area (Å²) in [5.41, 5.74) is 1.60. The maximum absolute atomic E-state index is 5.94. The molecular weight excluding hydrogens is 313 g/mol. The number of aromatic nitrogens is 4. The molecule has 2 aromatic heterocycles. The Bertz CT molecular complexity index is 711. The zero-order chi connectivity index (χ0) is 14.7. The molecule has 0 aliphatic carbocycles.